The van der Waals surface area contributed by atoms with E-state index in [2.05, 4.69) is 30.6 Å². The molecule has 0 bridgehead atoms. The molecule has 15 heavy (non-hydrogen) atoms. The van der Waals surface area contributed by atoms with Gasteiger partial charge in [-0.25, -0.2) is 0 Å². The van der Waals surface area contributed by atoms with Crippen LogP contribution in [0.25, 0.3) is 0 Å². The second-order valence-electron chi connectivity index (χ2n) is 3.59. The minimum absolute atomic E-state index is 0.00179. The Bertz CT molecular complexity index is 248. The summed E-state index contributed by atoms with van der Waals surface area (Å²) >= 11 is 0. The van der Waals surface area contributed by atoms with Gasteiger partial charge in [0.2, 0.25) is 5.91 Å². The lowest BCUT2D eigenvalue weighted by Crippen LogP contribution is -2.32. The first-order chi connectivity index (χ1) is 7.02. The summed E-state index contributed by atoms with van der Waals surface area (Å²) in [6.07, 6.45) is 0. The fraction of sp³-hybridized carbons (Fsp3) is 0.750. The molecule has 1 unspecified atom stereocenters. The van der Waals surface area contributed by atoms with Crippen LogP contribution in [0.15, 0.2) is 0 Å². The van der Waals surface area contributed by atoms with Crippen LogP contribution >= 0.6 is 0 Å². The summed E-state index contributed by atoms with van der Waals surface area (Å²) in [7, 11) is 1.78. The second kappa shape index (κ2) is 7.30. The Labute approximate surface area is 93.4 Å². The molecule has 0 aromatic heterocycles. The molecule has 1 atom stereocenters. The van der Waals surface area contributed by atoms with Gasteiger partial charge < -0.3 is 4.90 Å². The zero-order valence-electron chi connectivity index (χ0n) is 10.5. The zero-order valence-corrected chi connectivity index (χ0v) is 10.5. The van der Waals surface area contributed by atoms with E-state index < -0.39 is 0 Å². The van der Waals surface area contributed by atoms with Crippen molar-refractivity contribution < 1.29 is 4.79 Å². The quantitative estimate of drug-likeness (QED) is 0.651. The van der Waals surface area contributed by atoms with Crippen molar-refractivity contribution in [2.75, 3.05) is 26.7 Å². The number of hydrogen-bond donors (Lipinski definition) is 0. The summed E-state index contributed by atoms with van der Waals surface area (Å²) in [6.45, 7) is 10.6. The van der Waals surface area contributed by atoms with Crippen molar-refractivity contribution in [2.45, 2.75) is 33.7 Å². The monoisotopic (exact) mass is 210 g/mol. The van der Waals surface area contributed by atoms with Crippen LogP contribution in [-0.4, -0.2) is 48.4 Å². The highest BCUT2D eigenvalue weighted by molar-refractivity contribution is 5.73. The molecule has 0 N–H and O–H groups in total. The molecule has 0 rings (SSSR count). The van der Waals surface area contributed by atoms with Gasteiger partial charge in [0, 0.05) is 14.0 Å². The van der Waals surface area contributed by atoms with Gasteiger partial charge in [-0.3, -0.25) is 9.69 Å². The van der Waals surface area contributed by atoms with E-state index in [0.717, 1.165) is 19.6 Å². The van der Waals surface area contributed by atoms with Crippen LogP contribution in [0.5, 0.6) is 0 Å². The number of hydrogen-bond acceptors (Lipinski definition) is 2. The average Bonchev–Trinajstić information content (AvgIpc) is 2.22. The molecule has 0 aliphatic heterocycles. The Morgan fingerprint density at radius 2 is 1.87 bits per heavy atom. The van der Waals surface area contributed by atoms with Crippen LogP contribution in [0.4, 0.5) is 0 Å². The molecule has 0 spiro atoms. The molecule has 0 aromatic carbocycles. The molecule has 86 valence electrons. The maximum atomic E-state index is 11.0. The van der Waals surface area contributed by atoms with Gasteiger partial charge in [0.25, 0.3) is 0 Å². The minimum atomic E-state index is -0.00179. The van der Waals surface area contributed by atoms with Crippen LogP contribution in [0.1, 0.15) is 27.7 Å². The Kier molecular flexibility index (Phi) is 6.81. The fourth-order valence-electron chi connectivity index (χ4n) is 1.12. The topological polar surface area (TPSA) is 23.6 Å². The molecular weight excluding hydrogens is 188 g/mol. The molecule has 0 aliphatic rings. The molecule has 3 heteroatoms. The summed E-state index contributed by atoms with van der Waals surface area (Å²) in [5, 5.41) is 0. The third-order valence-corrected chi connectivity index (χ3v) is 2.59. The van der Waals surface area contributed by atoms with E-state index >= 15 is 0 Å². The normalized spacial score (nSPS) is 11.9. The highest BCUT2D eigenvalue weighted by Crippen LogP contribution is 1.93. The summed E-state index contributed by atoms with van der Waals surface area (Å²) < 4.78 is 0. The van der Waals surface area contributed by atoms with Crippen molar-refractivity contribution in [1.82, 2.24) is 9.80 Å². The molecule has 1 amide bonds. The van der Waals surface area contributed by atoms with E-state index in [9.17, 15) is 4.79 Å². The molecule has 0 aromatic rings. The Balaban J connectivity index is 4.11. The van der Waals surface area contributed by atoms with Gasteiger partial charge in [-0.05, 0) is 20.0 Å². The van der Waals surface area contributed by atoms with Crippen LogP contribution < -0.4 is 0 Å². The molecule has 0 radical (unpaired) electrons. The molecule has 0 aliphatic carbocycles. The van der Waals surface area contributed by atoms with Crippen LogP contribution in [0.3, 0.4) is 0 Å². The lowest BCUT2D eigenvalue weighted by atomic mass is 10.3. The lowest BCUT2D eigenvalue weighted by Gasteiger charge is -2.18. The Morgan fingerprint density at radius 1 is 1.33 bits per heavy atom. The summed E-state index contributed by atoms with van der Waals surface area (Å²) in [5.41, 5.74) is 0. The molecule has 0 fully saturated rings. The van der Waals surface area contributed by atoms with E-state index in [1.165, 1.54) is 0 Å². The Morgan fingerprint density at radius 3 is 2.27 bits per heavy atom. The highest BCUT2D eigenvalue weighted by Gasteiger charge is 2.07. The third kappa shape index (κ3) is 5.44. The van der Waals surface area contributed by atoms with Gasteiger partial charge in [0.15, 0.2) is 0 Å². The maximum Gasteiger partial charge on any atom is 0.220 e. The first kappa shape index (κ1) is 14.0. The van der Waals surface area contributed by atoms with Crippen molar-refractivity contribution >= 4 is 5.91 Å². The van der Waals surface area contributed by atoms with Crippen LogP contribution in [0, 0.1) is 11.8 Å². The van der Waals surface area contributed by atoms with E-state index in [0.29, 0.717) is 0 Å². The summed E-state index contributed by atoms with van der Waals surface area (Å²) in [4.78, 5) is 14.9. The van der Waals surface area contributed by atoms with Crippen LogP contribution in [-0.2, 0) is 4.79 Å². The number of nitrogens with zero attached hydrogens (tertiary/aromatic N) is 2. The molecular formula is C12H22N2O. The van der Waals surface area contributed by atoms with Crippen molar-refractivity contribution in [3.8, 4) is 11.8 Å². The SMILES string of the molecule is CCN(CC)CC#CC(C)N(C)C(C)=O. The summed E-state index contributed by atoms with van der Waals surface area (Å²) in [6, 6.07) is -0.00179. The van der Waals surface area contributed by atoms with Gasteiger partial charge in [0.1, 0.15) is 0 Å². The van der Waals surface area contributed by atoms with E-state index in [1.807, 2.05) is 6.92 Å². The largest absolute Gasteiger partial charge is 0.332 e. The zero-order chi connectivity index (χ0) is 11.8. The van der Waals surface area contributed by atoms with Gasteiger partial charge in [0.05, 0.1) is 12.6 Å². The van der Waals surface area contributed by atoms with Crippen molar-refractivity contribution in [3.63, 3.8) is 0 Å². The second-order valence-corrected chi connectivity index (χ2v) is 3.59. The van der Waals surface area contributed by atoms with E-state index in [-0.39, 0.29) is 11.9 Å². The van der Waals surface area contributed by atoms with E-state index in [4.69, 9.17) is 0 Å². The minimum Gasteiger partial charge on any atom is -0.332 e. The smallest absolute Gasteiger partial charge is 0.220 e. The maximum absolute atomic E-state index is 11.0. The van der Waals surface area contributed by atoms with E-state index in [1.54, 1.807) is 18.9 Å². The molecule has 0 heterocycles. The van der Waals surface area contributed by atoms with Crippen molar-refractivity contribution in [3.05, 3.63) is 0 Å². The number of carbonyl (C=O) groups is 1. The predicted octanol–water partition coefficient (Wildman–Crippen LogP) is 1.20. The van der Waals surface area contributed by atoms with Gasteiger partial charge in [-0.1, -0.05) is 25.7 Å². The average molecular weight is 210 g/mol. The standard InChI is InChI=1S/C12H22N2O/c1-6-14(7-2)10-8-9-11(3)13(5)12(4)15/h11H,6-7,10H2,1-5H3. The first-order valence-electron chi connectivity index (χ1n) is 5.47. The number of carbonyl (C=O) groups excluding carboxylic acids is 1. The lowest BCUT2D eigenvalue weighted by molar-refractivity contribution is -0.128. The van der Waals surface area contributed by atoms with Gasteiger partial charge in [-0.2, -0.15) is 0 Å². The number of amides is 1. The fourth-order valence-corrected chi connectivity index (χ4v) is 1.12. The summed E-state index contributed by atoms with van der Waals surface area (Å²) in [5.74, 6) is 6.24. The van der Waals surface area contributed by atoms with Crippen molar-refractivity contribution in [1.29, 1.82) is 0 Å². The molecule has 0 saturated carbocycles. The third-order valence-electron chi connectivity index (χ3n) is 2.59. The predicted molar refractivity (Wildman–Crippen MR) is 63.5 cm³/mol. The van der Waals surface area contributed by atoms with Gasteiger partial charge >= 0.3 is 0 Å². The molecule has 3 nitrogen and oxygen atoms in total. The highest BCUT2D eigenvalue weighted by atomic mass is 16.2. The van der Waals surface area contributed by atoms with Gasteiger partial charge in [-0.15, -0.1) is 0 Å². The Hall–Kier alpha value is -1.01. The number of rotatable bonds is 4. The van der Waals surface area contributed by atoms with Crippen LogP contribution in [0.2, 0.25) is 0 Å². The molecule has 0 saturated heterocycles. The van der Waals surface area contributed by atoms with Crippen molar-refractivity contribution in [2.24, 2.45) is 0 Å². The first-order valence-corrected chi connectivity index (χ1v) is 5.47.